The van der Waals surface area contributed by atoms with Gasteiger partial charge in [0.1, 0.15) is 11.8 Å². The number of benzene rings is 1. The van der Waals surface area contributed by atoms with Crippen molar-refractivity contribution >= 4 is 5.97 Å². The molecule has 0 unspecified atom stereocenters. The molecule has 4 heteroatoms. The minimum atomic E-state index is -0.281. The Morgan fingerprint density at radius 3 is 2.40 bits per heavy atom. The molecule has 0 aliphatic rings. The first kappa shape index (κ1) is 16.5. The number of methoxy groups -OCH3 is 1. The maximum atomic E-state index is 11.6. The zero-order valence-electron chi connectivity index (χ0n) is 12.8. The van der Waals surface area contributed by atoms with Gasteiger partial charge in [-0.25, -0.2) is 0 Å². The Labute approximate surface area is 121 Å². The summed E-state index contributed by atoms with van der Waals surface area (Å²) in [6.45, 7) is 7.44. The molecule has 1 N–H and O–H groups in total. The number of hydrogen-bond donors (Lipinski definition) is 1. The molecule has 0 amide bonds. The number of rotatable bonds is 8. The Balaban J connectivity index is 2.53. The fourth-order valence-electron chi connectivity index (χ4n) is 1.87. The van der Waals surface area contributed by atoms with Crippen LogP contribution < -0.4 is 10.1 Å². The average Bonchev–Trinajstić information content (AvgIpc) is 2.45. The first-order valence-electron chi connectivity index (χ1n) is 7.11. The van der Waals surface area contributed by atoms with Crippen LogP contribution in [0.2, 0.25) is 0 Å². The van der Waals surface area contributed by atoms with E-state index >= 15 is 0 Å². The van der Waals surface area contributed by atoms with E-state index in [9.17, 15) is 4.79 Å². The van der Waals surface area contributed by atoms with Crippen molar-refractivity contribution in [2.45, 2.75) is 39.8 Å². The van der Waals surface area contributed by atoms with Crippen LogP contribution in [0.15, 0.2) is 24.3 Å². The largest absolute Gasteiger partial charge is 0.494 e. The minimum Gasteiger partial charge on any atom is -0.494 e. The van der Waals surface area contributed by atoms with Crippen molar-refractivity contribution in [3.63, 3.8) is 0 Å². The highest BCUT2D eigenvalue weighted by molar-refractivity contribution is 5.75. The molecule has 0 saturated heterocycles. The molecule has 112 valence electrons. The summed E-state index contributed by atoms with van der Waals surface area (Å²) in [5.41, 5.74) is 1.11. The van der Waals surface area contributed by atoms with E-state index in [4.69, 9.17) is 9.47 Å². The molecule has 0 saturated carbocycles. The van der Waals surface area contributed by atoms with Crippen LogP contribution in [0.1, 0.15) is 32.8 Å². The smallest absolute Gasteiger partial charge is 0.323 e. The molecule has 20 heavy (non-hydrogen) atoms. The van der Waals surface area contributed by atoms with E-state index in [2.05, 4.69) is 12.2 Å². The Morgan fingerprint density at radius 1 is 1.25 bits per heavy atom. The van der Waals surface area contributed by atoms with Crippen molar-refractivity contribution in [1.82, 2.24) is 5.32 Å². The van der Waals surface area contributed by atoms with Gasteiger partial charge in [-0.3, -0.25) is 4.79 Å². The third-order valence-corrected chi connectivity index (χ3v) is 3.04. The lowest BCUT2D eigenvalue weighted by molar-refractivity contribution is -0.144. The van der Waals surface area contributed by atoms with E-state index in [0.717, 1.165) is 24.3 Å². The summed E-state index contributed by atoms with van der Waals surface area (Å²) in [7, 11) is 1.42. The van der Waals surface area contributed by atoms with Crippen LogP contribution in [-0.2, 0) is 16.1 Å². The van der Waals surface area contributed by atoms with Crippen LogP contribution in [0.25, 0.3) is 0 Å². The fourth-order valence-corrected chi connectivity index (χ4v) is 1.87. The highest BCUT2D eigenvalue weighted by atomic mass is 16.5. The number of nitrogens with one attached hydrogen (secondary N) is 1. The molecule has 0 aliphatic carbocycles. The molecular weight excluding hydrogens is 254 g/mol. The molecule has 1 atom stereocenters. The second-order valence-electron chi connectivity index (χ2n) is 5.12. The summed E-state index contributed by atoms with van der Waals surface area (Å²) >= 11 is 0. The summed E-state index contributed by atoms with van der Waals surface area (Å²) in [4.78, 5) is 11.6. The van der Waals surface area contributed by atoms with Crippen LogP contribution in [-0.4, -0.2) is 25.7 Å². The van der Waals surface area contributed by atoms with E-state index in [0.29, 0.717) is 6.54 Å². The molecule has 0 aliphatic heterocycles. The van der Waals surface area contributed by atoms with Gasteiger partial charge in [-0.15, -0.1) is 0 Å². The lowest BCUT2D eigenvalue weighted by atomic mass is 10.0. The molecule has 0 heterocycles. The first-order valence-corrected chi connectivity index (χ1v) is 7.11. The van der Waals surface area contributed by atoms with Gasteiger partial charge in [0, 0.05) is 6.54 Å². The van der Waals surface area contributed by atoms with Gasteiger partial charge in [0.2, 0.25) is 0 Å². The summed E-state index contributed by atoms with van der Waals surface area (Å²) in [5, 5.41) is 3.23. The number of carbonyl (C=O) groups excluding carboxylic acids is 1. The second-order valence-corrected chi connectivity index (χ2v) is 5.12. The molecule has 0 aromatic heterocycles. The molecule has 0 fully saturated rings. The van der Waals surface area contributed by atoms with E-state index in [1.807, 2.05) is 38.1 Å². The van der Waals surface area contributed by atoms with Gasteiger partial charge in [-0.2, -0.15) is 0 Å². The van der Waals surface area contributed by atoms with Gasteiger partial charge < -0.3 is 14.8 Å². The van der Waals surface area contributed by atoms with Crippen molar-refractivity contribution in [2.24, 2.45) is 5.92 Å². The van der Waals surface area contributed by atoms with Crippen molar-refractivity contribution in [3.8, 4) is 5.75 Å². The van der Waals surface area contributed by atoms with Crippen molar-refractivity contribution in [1.29, 1.82) is 0 Å². The molecule has 1 aromatic carbocycles. The normalized spacial score (nSPS) is 12.2. The van der Waals surface area contributed by atoms with Crippen LogP contribution in [0.3, 0.4) is 0 Å². The maximum absolute atomic E-state index is 11.6. The lowest BCUT2D eigenvalue weighted by Crippen LogP contribution is -2.41. The molecule has 1 aromatic rings. The number of ether oxygens (including phenoxy) is 2. The van der Waals surface area contributed by atoms with Crippen LogP contribution >= 0.6 is 0 Å². The SMILES string of the molecule is CCCOc1ccc(CN[C@H](C(=O)OC)C(C)C)cc1. The predicted molar refractivity (Wildman–Crippen MR) is 79.7 cm³/mol. The van der Waals surface area contributed by atoms with Gasteiger partial charge in [0.15, 0.2) is 0 Å². The maximum Gasteiger partial charge on any atom is 0.323 e. The van der Waals surface area contributed by atoms with Crippen LogP contribution in [0.4, 0.5) is 0 Å². The van der Waals surface area contributed by atoms with Gasteiger partial charge in [0.05, 0.1) is 13.7 Å². The number of carbonyl (C=O) groups is 1. The van der Waals surface area contributed by atoms with E-state index in [-0.39, 0.29) is 17.9 Å². The summed E-state index contributed by atoms with van der Waals surface area (Å²) in [5.74, 6) is 0.849. The topological polar surface area (TPSA) is 47.6 Å². The lowest BCUT2D eigenvalue weighted by Gasteiger charge is -2.19. The van der Waals surface area contributed by atoms with Crippen LogP contribution in [0.5, 0.6) is 5.75 Å². The Kier molecular flexibility index (Phi) is 7.09. The van der Waals surface area contributed by atoms with E-state index in [1.165, 1.54) is 7.11 Å². The molecule has 1 rings (SSSR count). The summed E-state index contributed by atoms with van der Waals surface area (Å²) < 4.78 is 10.3. The van der Waals surface area contributed by atoms with Gasteiger partial charge >= 0.3 is 5.97 Å². The third kappa shape index (κ3) is 5.21. The van der Waals surface area contributed by atoms with Gasteiger partial charge in [-0.1, -0.05) is 32.9 Å². The van der Waals surface area contributed by atoms with Crippen molar-refractivity contribution in [3.05, 3.63) is 29.8 Å². The zero-order chi connectivity index (χ0) is 15.0. The first-order chi connectivity index (χ1) is 9.58. The number of hydrogen-bond acceptors (Lipinski definition) is 4. The summed E-state index contributed by atoms with van der Waals surface area (Å²) in [6, 6.07) is 7.64. The monoisotopic (exact) mass is 279 g/mol. The molecular formula is C16H25NO3. The third-order valence-electron chi connectivity index (χ3n) is 3.04. The van der Waals surface area contributed by atoms with Gasteiger partial charge in [0.25, 0.3) is 0 Å². The molecule has 0 radical (unpaired) electrons. The quantitative estimate of drug-likeness (QED) is 0.743. The molecule has 0 spiro atoms. The zero-order valence-corrected chi connectivity index (χ0v) is 12.8. The Morgan fingerprint density at radius 2 is 1.90 bits per heavy atom. The Hall–Kier alpha value is -1.55. The van der Waals surface area contributed by atoms with Gasteiger partial charge in [-0.05, 0) is 30.0 Å². The predicted octanol–water partition coefficient (Wildman–Crippen LogP) is 2.76. The average molecular weight is 279 g/mol. The summed E-state index contributed by atoms with van der Waals surface area (Å²) in [6.07, 6.45) is 0.999. The minimum absolute atomic E-state index is 0.189. The standard InChI is InChI=1S/C16H25NO3/c1-5-10-20-14-8-6-13(7-9-14)11-17-15(12(2)3)16(18)19-4/h6-9,12,15,17H,5,10-11H2,1-4H3/t15-/m0/s1. The number of esters is 1. The van der Waals surface area contributed by atoms with E-state index < -0.39 is 0 Å². The fraction of sp³-hybridized carbons (Fsp3) is 0.562. The second kappa shape index (κ2) is 8.59. The van der Waals surface area contributed by atoms with Crippen LogP contribution in [0, 0.1) is 5.92 Å². The molecule has 4 nitrogen and oxygen atoms in total. The van der Waals surface area contributed by atoms with Crippen molar-refractivity contribution in [2.75, 3.05) is 13.7 Å². The van der Waals surface area contributed by atoms with Crippen molar-refractivity contribution < 1.29 is 14.3 Å². The molecule has 0 bridgehead atoms. The van der Waals surface area contributed by atoms with E-state index in [1.54, 1.807) is 0 Å². The Bertz CT molecular complexity index is 401. The highest BCUT2D eigenvalue weighted by Crippen LogP contribution is 2.13. The highest BCUT2D eigenvalue weighted by Gasteiger charge is 2.21.